The van der Waals surface area contributed by atoms with Gasteiger partial charge in [0.2, 0.25) is 15.9 Å². The molecule has 0 bridgehead atoms. The van der Waals surface area contributed by atoms with Crippen LogP contribution in [0.4, 0.5) is 0 Å². The summed E-state index contributed by atoms with van der Waals surface area (Å²) >= 11 is 19.1. The Balaban J connectivity index is 2.19. The molecule has 0 radical (unpaired) electrons. The fraction of sp³-hybridized carbons (Fsp3) is 0.222. The van der Waals surface area contributed by atoms with Gasteiger partial charge in [0, 0.05) is 18.3 Å². The molecular weight excluding hydrogens is 461 g/mol. The van der Waals surface area contributed by atoms with Crippen molar-refractivity contribution in [2.45, 2.75) is 6.92 Å². The van der Waals surface area contributed by atoms with Crippen molar-refractivity contribution in [1.82, 2.24) is 14.3 Å². The lowest BCUT2D eigenvalue weighted by Crippen LogP contribution is -2.27. The van der Waals surface area contributed by atoms with Gasteiger partial charge in [-0.3, -0.25) is 4.79 Å². The van der Waals surface area contributed by atoms with Gasteiger partial charge in [-0.2, -0.15) is 0 Å². The van der Waals surface area contributed by atoms with Crippen molar-refractivity contribution in [1.29, 1.82) is 0 Å². The second-order valence-electron chi connectivity index (χ2n) is 6.21. The van der Waals surface area contributed by atoms with Crippen molar-refractivity contribution in [2.75, 3.05) is 19.4 Å². The van der Waals surface area contributed by atoms with Crippen LogP contribution in [0.3, 0.4) is 0 Å². The largest absolute Gasteiger partial charge is 0.476 e. The Hall–Kier alpha value is -1.84. The van der Waals surface area contributed by atoms with E-state index in [1.165, 1.54) is 12.3 Å². The normalized spacial score (nSPS) is 11.8. The number of halogens is 3. The fourth-order valence-corrected chi connectivity index (χ4v) is 4.13. The molecule has 7 nitrogen and oxygen atoms in total. The molecule has 2 heterocycles. The van der Waals surface area contributed by atoms with Crippen molar-refractivity contribution < 1.29 is 13.2 Å². The summed E-state index contributed by atoms with van der Waals surface area (Å²) in [6.45, 7) is 1.71. The van der Waals surface area contributed by atoms with Crippen LogP contribution in [0.5, 0.6) is 5.88 Å². The van der Waals surface area contributed by atoms with E-state index in [1.807, 2.05) is 0 Å². The smallest absolute Gasteiger partial charge is 0.227 e. The first-order valence-electron chi connectivity index (χ1n) is 8.33. The molecule has 11 heteroatoms. The van der Waals surface area contributed by atoms with Crippen LogP contribution in [0.15, 0.2) is 35.3 Å². The molecule has 0 aliphatic carbocycles. The Morgan fingerprint density at radius 1 is 1.17 bits per heavy atom. The third-order valence-corrected chi connectivity index (χ3v) is 5.62. The molecule has 0 unspecified atom stereocenters. The van der Waals surface area contributed by atoms with Gasteiger partial charge in [0.25, 0.3) is 0 Å². The molecule has 29 heavy (non-hydrogen) atoms. The van der Waals surface area contributed by atoms with Gasteiger partial charge >= 0.3 is 0 Å². The summed E-state index contributed by atoms with van der Waals surface area (Å²) in [5, 5.41) is 1.09. The van der Waals surface area contributed by atoms with Crippen LogP contribution in [-0.4, -0.2) is 37.4 Å². The van der Waals surface area contributed by atoms with Gasteiger partial charge in [0.05, 0.1) is 38.7 Å². The number of hydrogen-bond acceptors (Lipinski definition) is 5. The predicted molar refractivity (Wildman–Crippen MR) is 115 cm³/mol. The molecule has 0 amide bonds. The molecule has 3 aromatic rings. The van der Waals surface area contributed by atoms with E-state index in [4.69, 9.17) is 39.5 Å². The molecule has 0 aliphatic heterocycles. The number of rotatable bonds is 6. The molecule has 0 fully saturated rings. The predicted octanol–water partition coefficient (Wildman–Crippen LogP) is 3.58. The molecule has 0 aliphatic rings. The number of hydrogen-bond donors (Lipinski definition) is 1. The molecule has 1 N–H and O–H groups in total. The highest BCUT2D eigenvalue weighted by Crippen LogP contribution is 2.35. The first-order chi connectivity index (χ1) is 13.6. The number of benzene rings is 1. The zero-order valence-corrected chi connectivity index (χ0v) is 18.5. The summed E-state index contributed by atoms with van der Waals surface area (Å²) in [4.78, 5) is 16.8. The number of aryl methyl sites for hydroxylation is 1. The van der Waals surface area contributed by atoms with E-state index in [1.54, 1.807) is 29.7 Å². The van der Waals surface area contributed by atoms with E-state index in [0.29, 0.717) is 26.9 Å². The van der Waals surface area contributed by atoms with Crippen molar-refractivity contribution in [3.8, 4) is 11.6 Å². The SMILES string of the molecule is Cc1cc(=O)c2c(OCCNS(C)(=O)=O)ncc(Cl)c2n1-c1c(Cl)cccc1Cl. The van der Waals surface area contributed by atoms with E-state index >= 15 is 0 Å². The van der Waals surface area contributed by atoms with Crippen LogP contribution in [0.2, 0.25) is 15.1 Å². The molecule has 0 saturated heterocycles. The third kappa shape index (κ3) is 4.67. The highest BCUT2D eigenvalue weighted by atomic mass is 35.5. The van der Waals surface area contributed by atoms with Gasteiger partial charge in [0.15, 0.2) is 5.43 Å². The van der Waals surface area contributed by atoms with Gasteiger partial charge in [-0.1, -0.05) is 40.9 Å². The molecule has 0 saturated carbocycles. The fourth-order valence-electron chi connectivity index (χ4n) is 2.88. The van der Waals surface area contributed by atoms with Crippen LogP contribution < -0.4 is 14.9 Å². The van der Waals surface area contributed by atoms with E-state index in [0.717, 1.165) is 6.26 Å². The zero-order chi connectivity index (χ0) is 21.3. The lowest BCUT2D eigenvalue weighted by atomic mass is 10.2. The number of aromatic nitrogens is 2. The molecule has 154 valence electrons. The lowest BCUT2D eigenvalue weighted by Gasteiger charge is -2.19. The van der Waals surface area contributed by atoms with E-state index in [-0.39, 0.29) is 34.9 Å². The van der Waals surface area contributed by atoms with E-state index in [9.17, 15) is 13.2 Å². The second-order valence-corrected chi connectivity index (χ2v) is 9.26. The molecule has 3 rings (SSSR count). The third-order valence-electron chi connectivity index (χ3n) is 4.00. The number of nitrogens with one attached hydrogen (secondary N) is 1. The molecule has 0 atom stereocenters. The van der Waals surface area contributed by atoms with Crippen molar-refractivity contribution in [2.24, 2.45) is 0 Å². The van der Waals surface area contributed by atoms with Crippen LogP contribution in [0.25, 0.3) is 16.6 Å². The van der Waals surface area contributed by atoms with Crippen molar-refractivity contribution >= 4 is 55.7 Å². The minimum Gasteiger partial charge on any atom is -0.476 e. The number of ether oxygens (including phenoxy) is 1. The Kier molecular flexibility index (Phi) is 6.40. The Morgan fingerprint density at radius 2 is 1.83 bits per heavy atom. The number of pyridine rings is 2. The maximum Gasteiger partial charge on any atom is 0.227 e. The summed E-state index contributed by atoms with van der Waals surface area (Å²) in [6.07, 6.45) is 2.39. The first kappa shape index (κ1) is 21.9. The lowest BCUT2D eigenvalue weighted by molar-refractivity contribution is 0.314. The van der Waals surface area contributed by atoms with Gasteiger partial charge in [-0.15, -0.1) is 0 Å². The monoisotopic (exact) mass is 475 g/mol. The maximum absolute atomic E-state index is 12.7. The molecule has 0 spiro atoms. The van der Waals surface area contributed by atoms with Gasteiger partial charge in [0.1, 0.15) is 12.0 Å². The van der Waals surface area contributed by atoms with Gasteiger partial charge in [-0.25, -0.2) is 18.1 Å². The summed E-state index contributed by atoms with van der Waals surface area (Å²) in [5.74, 6) is 0.0293. The van der Waals surface area contributed by atoms with Gasteiger partial charge < -0.3 is 9.30 Å². The quantitative estimate of drug-likeness (QED) is 0.549. The number of nitrogens with zero attached hydrogens (tertiary/aromatic N) is 2. The number of fused-ring (bicyclic) bond motifs is 1. The van der Waals surface area contributed by atoms with Crippen LogP contribution in [-0.2, 0) is 10.0 Å². The van der Waals surface area contributed by atoms with Crippen molar-refractivity contribution in [3.05, 3.63) is 61.4 Å². The van der Waals surface area contributed by atoms with Gasteiger partial charge in [-0.05, 0) is 19.1 Å². The Labute approximate surface area is 182 Å². The summed E-state index contributed by atoms with van der Waals surface area (Å²) in [7, 11) is -3.36. The van der Waals surface area contributed by atoms with E-state index in [2.05, 4.69) is 9.71 Å². The van der Waals surface area contributed by atoms with Crippen molar-refractivity contribution in [3.63, 3.8) is 0 Å². The number of para-hydroxylation sites is 1. The summed E-state index contributed by atoms with van der Waals surface area (Å²) < 4.78 is 31.9. The summed E-state index contributed by atoms with van der Waals surface area (Å²) in [5.41, 5.74) is 1.03. The number of sulfonamides is 1. The topological polar surface area (TPSA) is 90.3 Å². The maximum atomic E-state index is 12.7. The minimum atomic E-state index is -3.36. The standard InChI is InChI=1S/C18H16Cl3N3O4S/c1-10-8-14(25)15-17(24(10)16-11(19)4-3-5-12(16)20)13(21)9-22-18(15)28-7-6-23-29(2,26)27/h3-5,8-9,23H,6-7H2,1-2H3. The first-order valence-corrected chi connectivity index (χ1v) is 11.4. The highest BCUT2D eigenvalue weighted by molar-refractivity contribution is 7.88. The minimum absolute atomic E-state index is 0.0149. The highest BCUT2D eigenvalue weighted by Gasteiger charge is 2.20. The second kappa shape index (κ2) is 8.49. The van der Waals surface area contributed by atoms with Crippen LogP contribution >= 0.6 is 34.8 Å². The molecule has 1 aromatic carbocycles. The van der Waals surface area contributed by atoms with E-state index < -0.39 is 10.0 Å². The summed E-state index contributed by atoms with van der Waals surface area (Å²) in [6, 6.07) is 6.47. The van der Waals surface area contributed by atoms with Crippen LogP contribution in [0, 0.1) is 6.92 Å². The average Bonchev–Trinajstić information content (AvgIpc) is 2.61. The molecule has 2 aromatic heterocycles. The zero-order valence-electron chi connectivity index (χ0n) is 15.4. The average molecular weight is 477 g/mol. The Bertz CT molecular complexity index is 1240. The van der Waals surface area contributed by atoms with Crippen LogP contribution in [0.1, 0.15) is 5.69 Å². The Morgan fingerprint density at radius 3 is 2.45 bits per heavy atom. The molecular formula is C18H16Cl3N3O4S.